The van der Waals surface area contributed by atoms with Gasteiger partial charge in [0.25, 0.3) is 5.56 Å². The Balaban J connectivity index is 2.85. The zero-order valence-electron chi connectivity index (χ0n) is 15.1. The lowest BCUT2D eigenvalue weighted by molar-refractivity contribution is -0.121. The Kier molecular flexibility index (Phi) is 5.62. The topological polar surface area (TPSA) is 104 Å². The predicted molar refractivity (Wildman–Crippen MR) is 97.2 cm³/mol. The average molecular weight is 365 g/mol. The smallest absolute Gasteiger partial charge is 0.348 e. The van der Waals surface area contributed by atoms with Crippen molar-refractivity contribution in [2.45, 2.75) is 53.0 Å². The average Bonchev–Trinajstić information content (AvgIpc) is 2.87. The summed E-state index contributed by atoms with van der Waals surface area (Å²) in [7, 11) is 0. The Labute approximate surface area is 149 Å². The summed E-state index contributed by atoms with van der Waals surface area (Å²) in [6.45, 7) is 9.25. The van der Waals surface area contributed by atoms with Crippen LogP contribution in [0.15, 0.2) is 4.79 Å². The molecule has 0 aliphatic heterocycles. The Hall–Kier alpha value is -2.22. The molecule has 1 amide bonds. The molecule has 1 unspecified atom stereocenters. The number of carbonyl (C=O) groups is 2. The molecule has 0 saturated heterocycles. The Morgan fingerprint density at radius 1 is 1.32 bits per heavy atom. The van der Waals surface area contributed by atoms with E-state index in [4.69, 9.17) is 10.5 Å². The van der Waals surface area contributed by atoms with Crippen molar-refractivity contribution in [2.24, 2.45) is 5.73 Å². The summed E-state index contributed by atoms with van der Waals surface area (Å²) in [5.41, 5.74) is 5.68. The van der Waals surface area contributed by atoms with Gasteiger partial charge in [-0.1, -0.05) is 20.8 Å². The number of nitrogens with zero attached hydrogens (tertiary/aromatic N) is 2. The van der Waals surface area contributed by atoms with Gasteiger partial charge < -0.3 is 10.5 Å². The lowest BCUT2D eigenvalue weighted by Crippen LogP contribution is -2.36. The number of primary amides is 1. The summed E-state index contributed by atoms with van der Waals surface area (Å²) < 4.78 is 6.43. The van der Waals surface area contributed by atoms with Crippen molar-refractivity contribution in [3.63, 3.8) is 0 Å². The lowest BCUT2D eigenvalue weighted by Gasteiger charge is -2.20. The van der Waals surface area contributed by atoms with Crippen LogP contribution in [0.3, 0.4) is 0 Å². The van der Waals surface area contributed by atoms with E-state index in [2.05, 4.69) is 4.98 Å². The fourth-order valence-corrected chi connectivity index (χ4v) is 3.89. The molecule has 8 heteroatoms. The molecule has 2 aromatic heterocycles. The van der Waals surface area contributed by atoms with Gasteiger partial charge in [0, 0.05) is 5.92 Å². The SMILES string of the molecule is CCOC(=O)c1sc2nc(C(C)C)n(C(CC)C(N)=O)c(=O)c2c1C. The Morgan fingerprint density at radius 2 is 1.96 bits per heavy atom. The van der Waals surface area contributed by atoms with E-state index >= 15 is 0 Å². The molecule has 136 valence electrons. The van der Waals surface area contributed by atoms with Gasteiger partial charge in [0.2, 0.25) is 5.91 Å². The molecule has 2 aromatic rings. The van der Waals surface area contributed by atoms with Crippen molar-refractivity contribution in [1.29, 1.82) is 0 Å². The van der Waals surface area contributed by atoms with Crippen molar-refractivity contribution < 1.29 is 14.3 Å². The normalized spacial score (nSPS) is 12.6. The van der Waals surface area contributed by atoms with Crippen molar-refractivity contribution >= 4 is 33.4 Å². The van der Waals surface area contributed by atoms with E-state index in [1.807, 2.05) is 13.8 Å². The molecule has 1 atom stereocenters. The van der Waals surface area contributed by atoms with Crippen molar-refractivity contribution in [1.82, 2.24) is 9.55 Å². The highest BCUT2D eigenvalue weighted by molar-refractivity contribution is 7.20. The van der Waals surface area contributed by atoms with E-state index in [9.17, 15) is 14.4 Å². The number of nitrogens with two attached hydrogens (primary N) is 1. The molecule has 0 radical (unpaired) electrons. The highest BCUT2D eigenvalue weighted by Crippen LogP contribution is 2.30. The van der Waals surface area contributed by atoms with Crippen LogP contribution in [0, 0.1) is 6.92 Å². The Bertz CT molecular complexity index is 882. The first-order valence-electron chi connectivity index (χ1n) is 8.26. The minimum absolute atomic E-state index is 0.0843. The van der Waals surface area contributed by atoms with Gasteiger partial charge in [0.15, 0.2) is 0 Å². The second-order valence-electron chi connectivity index (χ2n) is 6.08. The largest absolute Gasteiger partial charge is 0.462 e. The number of aryl methyl sites for hydroxylation is 1. The number of thiophene rings is 1. The summed E-state index contributed by atoms with van der Waals surface area (Å²) in [4.78, 5) is 42.5. The predicted octanol–water partition coefficient (Wildman–Crippen LogP) is 2.50. The third kappa shape index (κ3) is 3.30. The molecule has 0 aliphatic rings. The Morgan fingerprint density at radius 3 is 2.44 bits per heavy atom. The molecule has 2 N–H and O–H groups in total. The van der Waals surface area contributed by atoms with Gasteiger partial charge >= 0.3 is 5.97 Å². The molecule has 0 spiro atoms. The van der Waals surface area contributed by atoms with Gasteiger partial charge in [-0.3, -0.25) is 14.2 Å². The number of carbonyl (C=O) groups excluding carboxylic acids is 2. The molecule has 0 fully saturated rings. The van der Waals surface area contributed by atoms with E-state index in [0.717, 1.165) is 11.3 Å². The highest BCUT2D eigenvalue weighted by atomic mass is 32.1. The first-order valence-corrected chi connectivity index (χ1v) is 9.08. The van der Waals surface area contributed by atoms with Gasteiger partial charge in [-0.05, 0) is 25.8 Å². The van der Waals surface area contributed by atoms with Crippen LogP contribution in [0.25, 0.3) is 10.2 Å². The lowest BCUT2D eigenvalue weighted by atomic mass is 10.1. The standard InChI is InChI=1S/C17H23N3O4S/c1-6-10(13(18)21)20-14(8(3)4)19-15-11(16(20)22)9(5)12(25-15)17(23)24-7-2/h8,10H,6-7H2,1-5H3,(H2,18,21). The third-order valence-electron chi connectivity index (χ3n) is 4.03. The van der Waals surface area contributed by atoms with Crippen molar-refractivity contribution in [2.75, 3.05) is 6.61 Å². The summed E-state index contributed by atoms with van der Waals surface area (Å²) in [5, 5.41) is 0.345. The van der Waals surface area contributed by atoms with Crippen LogP contribution in [-0.2, 0) is 9.53 Å². The number of rotatable bonds is 6. The number of aromatic nitrogens is 2. The molecule has 2 heterocycles. The molecule has 0 aliphatic carbocycles. The molecule has 0 bridgehead atoms. The minimum atomic E-state index is -0.771. The third-order valence-corrected chi connectivity index (χ3v) is 5.19. The molecule has 2 rings (SSSR count). The van der Waals surface area contributed by atoms with E-state index in [1.54, 1.807) is 20.8 Å². The maximum atomic E-state index is 13.1. The van der Waals surface area contributed by atoms with Crippen LogP contribution in [0.2, 0.25) is 0 Å². The van der Waals surface area contributed by atoms with Gasteiger partial charge in [-0.25, -0.2) is 9.78 Å². The van der Waals surface area contributed by atoms with E-state index in [-0.39, 0.29) is 18.1 Å². The van der Waals surface area contributed by atoms with Gasteiger partial charge in [0.1, 0.15) is 21.6 Å². The fraction of sp³-hybridized carbons (Fsp3) is 0.529. The van der Waals surface area contributed by atoms with Crippen LogP contribution in [0.5, 0.6) is 0 Å². The fourth-order valence-electron chi connectivity index (χ4n) is 2.82. The summed E-state index contributed by atoms with van der Waals surface area (Å²) >= 11 is 1.14. The summed E-state index contributed by atoms with van der Waals surface area (Å²) in [5.74, 6) is -0.646. The quantitative estimate of drug-likeness (QED) is 0.792. The number of esters is 1. The summed E-state index contributed by atoms with van der Waals surface area (Å²) in [6.07, 6.45) is 0.385. The van der Waals surface area contributed by atoms with E-state index in [0.29, 0.717) is 32.9 Å². The number of hydrogen-bond donors (Lipinski definition) is 1. The van der Waals surface area contributed by atoms with Crippen molar-refractivity contribution in [3.8, 4) is 0 Å². The number of hydrogen-bond acceptors (Lipinski definition) is 6. The van der Waals surface area contributed by atoms with Crippen molar-refractivity contribution in [3.05, 3.63) is 26.6 Å². The summed E-state index contributed by atoms with van der Waals surface area (Å²) in [6, 6.07) is -0.771. The van der Waals surface area contributed by atoms with E-state index < -0.39 is 17.9 Å². The zero-order valence-corrected chi connectivity index (χ0v) is 15.9. The first-order chi connectivity index (χ1) is 11.7. The van der Waals surface area contributed by atoms with Gasteiger partial charge in [0.05, 0.1) is 12.0 Å². The van der Waals surface area contributed by atoms with Crippen LogP contribution >= 0.6 is 11.3 Å². The number of ether oxygens (including phenoxy) is 1. The van der Waals surface area contributed by atoms with Crippen LogP contribution < -0.4 is 11.3 Å². The highest BCUT2D eigenvalue weighted by Gasteiger charge is 2.27. The maximum Gasteiger partial charge on any atom is 0.348 e. The molecular formula is C17H23N3O4S. The first kappa shape index (κ1) is 19.1. The second kappa shape index (κ2) is 7.35. The van der Waals surface area contributed by atoms with Gasteiger partial charge in [-0.15, -0.1) is 11.3 Å². The van der Waals surface area contributed by atoms with Crippen LogP contribution in [0.1, 0.15) is 67.1 Å². The van der Waals surface area contributed by atoms with Crippen LogP contribution in [-0.4, -0.2) is 28.0 Å². The molecule has 0 aromatic carbocycles. The zero-order chi connectivity index (χ0) is 18.9. The second-order valence-corrected chi connectivity index (χ2v) is 7.08. The van der Waals surface area contributed by atoms with Crippen LogP contribution in [0.4, 0.5) is 0 Å². The number of amides is 1. The number of fused-ring (bicyclic) bond motifs is 1. The molecule has 7 nitrogen and oxygen atoms in total. The monoisotopic (exact) mass is 365 g/mol. The van der Waals surface area contributed by atoms with Gasteiger partial charge in [-0.2, -0.15) is 0 Å². The minimum Gasteiger partial charge on any atom is -0.462 e. The molecule has 25 heavy (non-hydrogen) atoms. The maximum absolute atomic E-state index is 13.1. The van der Waals surface area contributed by atoms with E-state index in [1.165, 1.54) is 4.57 Å². The molecule has 0 saturated carbocycles. The molecular weight excluding hydrogens is 342 g/mol.